The minimum Gasteiger partial charge on any atom is -0.391 e. The number of methoxy groups -OCH3 is 1. The zero-order valence-corrected chi connectivity index (χ0v) is 10.3. The summed E-state index contributed by atoms with van der Waals surface area (Å²) in [6.07, 6.45) is -0.240. The van der Waals surface area contributed by atoms with Crippen LogP contribution in [0.3, 0.4) is 0 Å². The van der Waals surface area contributed by atoms with E-state index >= 15 is 0 Å². The van der Waals surface area contributed by atoms with E-state index in [1.54, 1.807) is 18.9 Å². The lowest BCUT2D eigenvalue weighted by atomic mass is 10.2. The molecule has 0 rings (SSSR count). The topological polar surface area (TPSA) is 41.5 Å². The van der Waals surface area contributed by atoms with Crippen molar-refractivity contribution >= 4 is 11.8 Å². The molecule has 0 aromatic rings. The molecular formula is C10H23NO2S. The average molecular weight is 221 g/mol. The van der Waals surface area contributed by atoms with E-state index in [0.29, 0.717) is 12.5 Å². The van der Waals surface area contributed by atoms with E-state index < -0.39 is 0 Å². The van der Waals surface area contributed by atoms with Crippen molar-refractivity contribution in [2.24, 2.45) is 5.92 Å². The predicted octanol–water partition coefficient (Wildman–Crippen LogP) is 0.972. The number of aliphatic hydroxyl groups excluding tert-OH is 1. The van der Waals surface area contributed by atoms with Gasteiger partial charge in [0.15, 0.2) is 0 Å². The quantitative estimate of drug-likeness (QED) is 0.569. The summed E-state index contributed by atoms with van der Waals surface area (Å²) in [6.45, 7) is 6.74. The van der Waals surface area contributed by atoms with Crippen molar-refractivity contribution in [2.45, 2.75) is 20.0 Å². The number of hydrogen-bond acceptors (Lipinski definition) is 4. The van der Waals surface area contributed by atoms with Gasteiger partial charge in [0, 0.05) is 25.2 Å². The Hall–Kier alpha value is 0.230. The second-order valence-electron chi connectivity index (χ2n) is 3.77. The molecule has 0 saturated carbocycles. The summed E-state index contributed by atoms with van der Waals surface area (Å²) in [5.74, 6) is 2.38. The fraction of sp³-hybridized carbons (Fsp3) is 1.00. The van der Waals surface area contributed by atoms with E-state index in [2.05, 4.69) is 19.2 Å². The Bertz CT molecular complexity index is 123. The van der Waals surface area contributed by atoms with Crippen LogP contribution in [0, 0.1) is 5.92 Å². The molecule has 0 aliphatic heterocycles. The Labute approximate surface area is 91.6 Å². The van der Waals surface area contributed by atoms with E-state index in [0.717, 1.165) is 24.7 Å². The predicted molar refractivity (Wildman–Crippen MR) is 62.9 cm³/mol. The molecule has 0 fully saturated rings. The molecule has 2 N–H and O–H groups in total. The number of nitrogens with one attached hydrogen (secondary N) is 1. The summed E-state index contributed by atoms with van der Waals surface area (Å²) < 4.78 is 4.92. The first-order valence-corrected chi connectivity index (χ1v) is 6.27. The molecule has 0 aromatic carbocycles. The third-order valence-electron chi connectivity index (χ3n) is 1.67. The van der Waals surface area contributed by atoms with Gasteiger partial charge in [-0.25, -0.2) is 0 Å². The smallest absolute Gasteiger partial charge is 0.0754 e. The molecular weight excluding hydrogens is 198 g/mol. The fourth-order valence-electron chi connectivity index (χ4n) is 0.959. The van der Waals surface area contributed by atoms with Gasteiger partial charge in [-0.2, -0.15) is 11.8 Å². The van der Waals surface area contributed by atoms with Crippen molar-refractivity contribution in [3.8, 4) is 0 Å². The van der Waals surface area contributed by atoms with E-state index in [9.17, 15) is 5.11 Å². The van der Waals surface area contributed by atoms with Crippen molar-refractivity contribution in [1.82, 2.24) is 5.32 Å². The Morgan fingerprint density at radius 1 is 1.36 bits per heavy atom. The van der Waals surface area contributed by atoms with Crippen molar-refractivity contribution in [3.63, 3.8) is 0 Å². The van der Waals surface area contributed by atoms with Crippen LogP contribution in [0.25, 0.3) is 0 Å². The molecule has 0 bridgehead atoms. The Morgan fingerprint density at radius 2 is 2.07 bits per heavy atom. The van der Waals surface area contributed by atoms with E-state index in [4.69, 9.17) is 4.74 Å². The first kappa shape index (κ1) is 14.2. The second-order valence-corrected chi connectivity index (χ2v) is 4.92. The lowest BCUT2D eigenvalue weighted by Crippen LogP contribution is -2.31. The van der Waals surface area contributed by atoms with E-state index in [1.807, 2.05) is 0 Å². The van der Waals surface area contributed by atoms with E-state index in [1.165, 1.54) is 0 Å². The van der Waals surface area contributed by atoms with Crippen LogP contribution < -0.4 is 5.32 Å². The Kier molecular flexibility index (Phi) is 9.93. The largest absolute Gasteiger partial charge is 0.391 e. The van der Waals surface area contributed by atoms with Crippen LogP contribution in [-0.2, 0) is 4.74 Å². The summed E-state index contributed by atoms with van der Waals surface area (Å²) in [6, 6.07) is 0. The van der Waals surface area contributed by atoms with Crippen LogP contribution in [0.15, 0.2) is 0 Å². The number of aliphatic hydroxyl groups is 1. The van der Waals surface area contributed by atoms with Gasteiger partial charge in [-0.3, -0.25) is 0 Å². The van der Waals surface area contributed by atoms with Gasteiger partial charge >= 0.3 is 0 Å². The van der Waals surface area contributed by atoms with Gasteiger partial charge in [0.2, 0.25) is 0 Å². The molecule has 3 nitrogen and oxygen atoms in total. The maximum Gasteiger partial charge on any atom is 0.0754 e. The maximum absolute atomic E-state index is 9.54. The lowest BCUT2D eigenvalue weighted by Gasteiger charge is -2.12. The summed E-state index contributed by atoms with van der Waals surface area (Å²) in [4.78, 5) is 0. The summed E-state index contributed by atoms with van der Waals surface area (Å²) in [5, 5.41) is 12.8. The lowest BCUT2D eigenvalue weighted by molar-refractivity contribution is 0.194. The standard InChI is InChI=1S/C10H23NO2S/c1-9(2)6-11-7-10(12)8-14-5-4-13-3/h9-12H,4-8H2,1-3H3. The second kappa shape index (κ2) is 9.77. The van der Waals surface area contributed by atoms with E-state index in [-0.39, 0.29) is 6.10 Å². The molecule has 86 valence electrons. The van der Waals surface area contributed by atoms with Crippen molar-refractivity contribution in [2.75, 3.05) is 38.3 Å². The molecule has 1 atom stereocenters. The van der Waals surface area contributed by atoms with Crippen LogP contribution in [0.4, 0.5) is 0 Å². The Morgan fingerprint density at radius 3 is 2.64 bits per heavy atom. The third-order valence-corrected chi connectivity index (χ3v) is 2.75. The van der Waals surface area contributed by atoms with Crippen LogP contribution >= 0.6 is 11.8 Å². The Balaban J connectivity index is 3.15. The summed E-state index contributed by atoms with van der Waals surface area (Å²) >= 11 is 1.73. The van der Waals surface area contributed by atoms with Gasteiger partial charge in [-0.1, -0.05) is 13.8 Å². The van der Waals surface area contributed by atoms with Crippen LogP contribution in [-0.4, -0.2) is 49.5 Å². The average Bonchev–Trinajstić information content (AvgIpc) is 2.12. The molecule has 0 aliphatic rings. The molecule has 0 heterocycles. The van der Waals surface area contributed by atoms with Gasteiger partial charge in [0.25, 0.3) is 0 Å². The molecule has 0 aliphatic carbocycles. The highest BCUT2D eigenvalue weighted by Crippen LogP contribution is 2.02. The minimum atomic E-state index is -0.240. The molecule has 0 aromatic heterocycles. The third kappa shape index (κ3) is 10.3. The summed E-state index contributed by atoms with van der Waals surface area (Å²) in [5.41, 5.74) is 0. The number of thioether (sulfide) groups is 1. The summed E-state index contributed by atoms with van der Waals surface area (Å²) in [7, 11) is 1.70. The van der Waals surface area contributed by atoms with Crippen LogP contribution in [0.2, 0.25) is 0 Å². The minimum absolute atomic E-state index is 0.240. The number of ether oxygens (including phenoxy) is 1. The first-order chi connectivity index (χ1) is 6.66. The molecule has 0 spiro atoms. The highest BCUT2D eigenvalue weighted by Gasteiger charge is 2.03. The van der Waals surface area contributed by atoms with Crippen molar-refractivity contribution in [3.05, 3.63) is 0 Å². The van der Waals surface area contributed by atoms with Gasteiger partial charge in [-0.15, -0.1) is 0 Å². The highest BCUT2D eigenvalue weighted by atomic mass is 32.2. The normalized spacial score (nSPS) is 13.5. The number of hydrogen-bond donors (Lipinski definition) is 2. The van der Waals surface area contributed by atoms with Gasteiger partial charge in [-0.05, 0) is 12.5 Å². The molecule has 0 radical (unpaired) electrons. The van der Waals surface area contributed by atoms with Gasteiger partial charge < -0.3 is 15.2 Å². The van der Waals surface area contributed by atoms with Crippen molar-refractivity contribution in [1.29, 1.82) is 0 Å². The maximum atomic E-state index is 9.54. The first-order valence-electron chi connectivity index (χ1n) is 5.12. The number of rotatable bonds is 9. The van der Waals surface area contributed by atoms with Crippen LogP contribution in [0.5, 0.6) is 0 Å². The fourth-order valence-corrected chi connectivity index (χ4v) is 1.80. The molecule has 14 heavy (non-hydrogen) atoms. The zero-order chi connectivity index (χ0) is 10.8. The van der Waals surface area contributed by atoms with Gasteiger partial charge in [0.1, 0.15) is 0 Å². The molecule has 0 saturated heterocycles. The van der Waals surface area contributed by atoms with Crippen molar-refractivity contribution < 1.29 is 9.84 Å². The molecule has 0 amide bonds. The zero-order valence-electron chi connectivity index (χ0n) is 9.45. The SMILES string of the molecule is COCCSCC(O)CNCC(C)C. The van der Waals surface area contributed by atoms with Crippen LogP contribution in [0.1, 0.15) is 13.8 Å². The molecule has 4 heteroatoms. The monoisotopic (exact) mass is 221 g/mol. The molecule has 1 unspecified atom stereocenters. The van der Waals surface area contributed by atoms with Gasteiger partial charge in [0.05, 0.1) is 12.7 Å². The highest BCUT2D eigenvalue weighted by molar-refractivity contribution is 7.99.